The fourth-order valence-electron chi connectivity index (χ4n) is 8.38. The Bertz CT molecular complexity index is 1890. The number of nitrogens with one attached hydrogen (secondary N) is 2. The standard InChI is InChI=1S/C33H37N5O5/c1-32(35-29(39)21-15-23-22-10-6-11-24-28(22)20(17-34-24)16-25(23)36(2)18-21)31(41)38-26(14-19-8-4-3-5-9-19)30(40)37-13-7-12-27(37)33(38,42)43-32/h3-6,8-11,17,21,23,25-27,34,42H,7,12-16,18H2,1-2H3,(H,35,39)/t21-,23-,25-,26+,27+,32-,33+/m1/s1/i3D,4D,5D,8D,9D. The van der Waals surface area contributed by atoms with Gasteiger partial charge in [0.2, 0.25) is 17.5 Å². The number of nitrogens with zero attached hydrogens (tertiary/aromatic N) is 3. The Morgan fingerprint density at radius 1 is 1.26 bits per heavy atom. The number of piperazine rings is 1. The molecule has 5 aliphatic rings. The number of aromatic amines is 1. The summed E-state index contributed by atoms with van der Waals surface area (Å²) in [6.07, 6.45) is 3.91. The predicted molar refractivity (Wildman–Crippen MR) is 157 cm³/mol. The van der Waals surface area contributed by atoms with E-state index in [2.05, 4.69) is 27.5 Å². The van der Waals surface area contributed by atoms with Crippen molar-refractivity contribution < 1.29 is 31.1 Å². The summed E-state index contributed by atoms with van der Waals surface area (Å²) in [5.74, 6) is -4.49. The molecular weight excluding hydrogens is 546 g/mol. The third-order valence-electron chi connectivity index (χ3n) is 10.3. The van der Waals surface area contributed by atoms with Gasteiger partial charge in [0.05, 0.1) is 12.8 Å². The molecule has 0 unspecified atom stereocenters. The highest BCUT2D eigenvalue weighted by Gasteiger charge is 2.70. The van der Waals surface area contributed by atoms with Gasteiger partial charge in [-0.25, -0.2) is 0 Å². The molecule has 0 spiro atoms. The molecule has 1 aliphatic carbocycles. The summed E-state index contributed by atoms with van der Waals surface area (Å²) >= 11 is 0. The third kappa shape index (κ3) is 3.86. The zero-order valence-electron chi connectivity index (χ0n) is 29.1. The van der Waals surface area contributed by atoms with Gasteiger partial charge in [-0.1, -0.05) is 42.3 Å². The summed E-state index contributed by atoms with van der Waals surface area (Å²) < 4.78 is 47.2. The minimum Gasteiger partial charge on any atom is -0.361 e. The number of carbonyl (C=O) groups excluding carboxylic acids is 3. The highest BCUT2D eigenvalue weighted by molar-refractivity contribution is 5.97. The van der Waals surface area contributed by atoms with E-state index in [9.17, 15) is 19.5 Å². The lowest BCUT2D eigenvalue weighted by Crippen LogP contribution is -2.71. The van der Waals surface area contributed by atoms with E-state index in [-0.39, 0.29) is 17.5 Å². The second kappa shape index (κ2) is 9.38. The lowest BCUT2D eigenvalue weighted by atomic mass is 9.72. The van der Waals surface area contributed by atoms with Gasteiger partial charge in [0.15, 0.2) is 0 Å². The van der Waals surface area contributed by atoms with Crippen LogP contribution >= 0.6 is 0 Å². The minimum absolute atomic E-state index is 0.0844. The van der Waals surface area contributed by atoms with E-state index in [1.807, 2.05) is 19.2 Å². The number of H-pyrrole nitrogens is 1. The number of likely N-dealkylation sites (N-methyl/N-ethyl adjacent to an activating group) is 1. The number of carbonyl (C=O) groups is 3. The average molecular weight is 589 g/mol. The molecule has 224 valence electrons. The molecular formula is C33H37N5O5. The molecule has 2 aromatic carbocycles. The van der Waals surface area contributed by atoms with Gasteiger partial charge < -0.3 is 25.2 Å². The van der Waals surface area contributed by atoms with Crippen molar-refractivity contribution in [2.75, 3.05) is 20.1 Å². The van der Waals surface area contributed by atoms with E-state index < -0.39 is 84.0 Å². The summed E-state index contributed by atoms with van der Waals surface area (Å²) in [7, 11) is 2.00. The lowest BCUT2D eigenvalue weighted by molar-refractivity contribution is -0.315. The predicted octanol–water partition coefficient (Wildman–Crippen LogP) is 2.08. The number of amides is 3. The van der Waals surface area contributed by atoms with Crippen molar-refractivity contribution in [3.63, 3.8) is 0 Å². The maximum atomic E-state index is 14.3. The number of piperidine rings is 1. The molecule has 3 amide bonds. The van der Waals surface area contributed by atoms with E-state index in [1.54, 1.807) is 0 Å². The van der Waals surface area contributed by atoms with Gasteiger partial charge in [0, 0.05) is 48.6 Å². The van der Waals surface area contributed by atoms with Crippen LogP contribution < -0.4 is 5.32 Å². The van der Waals surface area contributed by atoms with E-state index >= 15 is 0 Å². The monoisotopic (exact) mass is 588 g/mol. The fraction of sp³-hybridized carbons (Fsp3) is 0.485. The zero-order valence-corrected chi connectivity index (χ0v) is 24.1. The molecule has 3 aromatic rings. The van der Waals surface area contributed by atoms with Crippen LogP contribution in [0, 0.1) is 5.92 Å². The second-order valence-corrected chi connectivity index (χ2v) is 12.8. The van der Waals surface area contributed by atoms with E-state index in [0.29, 0.717) is 32.4 Å². The SMILES string of the molecule is [2H]c1c([2H])c([2H])c(C[C@H]2C(=O)N3CCC[C@H]3[C@]3(O)O[C@@](C)(NC(=O)[C@@H]4C[C@@H]5c6cccc7[nH]cc(c67)C[C@H]5N(C)C4)C(=O)N23)c([2H])c1[2H]. The van der Waals surface area contributed by atoms with Gasteiger partial charge in [-0.05, 0) is 62.4 Å². The molecule has 10 nitrogen and oxygen atoms in total. The van der Waals surface area contributed by atoms with Crippen molar-refractivity contribution >= 4 is 28.6 Å². The Kier molecular flexibility index (Phi) is 4.77. The number of fused-ring (bicyclic) bond motifs is 5. The van der Waals surface area contributed by atoms with Crippen LogP contribution in [-0.4, -0.2) is 92.4 Å². The molecule has 0 radical (unpaired) electrons. The van der Waals surface area contributed by atoms with E-state index in [0.717, 1.165) is 16.8 Å². The number of rotatable bonds is 4. The minimum atomic E-state index is -2.31. The fourth-order valence-corrected chi connectivity index (χ4v) is 8.38. The second-order valence-electron chi connectivity index (χ2n) is 12.8. The summed E-state index contributed by atoms with van der Waals surface area (Å²) in [4.78, 5) is 50.3. The Hall–Kier alpha value is -3.73. The lowest BCUT2D eigenvalue weighted by Gasteiger charge is -2.48. The van der Waals surface area contributed by atoms with Crippen molar-refractivity contribution in [2.24, 2.45) is 5.92 Å². The maximum Gasteiger partial charge on any atom is 0.280 e. The first-order valence-electron chi connectivity index (χ1n) is 17.5. The summed E-state index contributed by atoms with van der Waals surface area (Å²) in [5.41, 5.74) is 1.32. The molecule has 7 atom stereocenters. The van der Waals surface area contributed by atoms with Crippen LogP contribution in [0.5, 0.6) is 0 Å². The van der Waals surface area contributed by atoms with Gasteiger partial charge >= 0.3 is 0 Å². The first kappa shape index (κ1) is 21.9. The number of hydrogen-bond donors (Lipinski definition) is 3. The first-order valence-corrected chi connectivity index (χ1v) is 15.0. The summed E-state index contributed by atoms with van der Waals surface area (Å²) in [5, 5.41) is 16.2. The van der Waals surface area contributed by atoms with E-state index in [1.165, 1.54) is 28.3 Å². The molecule has 8 rings (SSSR count). The average Bonchev–Trinajstić information content (AvgIpc) is 3.77. The molecule has 0 saturated carbocycles. The molecule has 5 heterocycles. The van der Waals surface area contributed by atoms with Crippen LogP contribution in [0.1, 0.15) is 55.6 Å². The molecule has 4 saturated heterocycles. The van der Waals surface area contributed by atoms with Crippen molar-refractivity contribution in [3.8, 4) is 0 Å². The number of hydrogen-bond acceptors (Lipinski definition) is 6. The number of aliphatic hydroxyl groups is 1. The highest BCUT2D eigenvalue weighted by atomic mass is 16.7. The van der Waals surface area contributed by atoms with Crippen molar-refractivity contribution in [1.29, 1.82) is 0 Å². The molecule has 4 aliphatic heterocycles. The molecule has 0 bridgehead atoms. The normalized spacial score (nSPS) is 36.8. The zero-order chi connectivity index (χ0) is 34.0. The molecule has 3 N–H and O–H groups in total. The number of likely N-dealkylation sites (tertiary alicyclic amines) is 1. The van der Waals surface area contributed by atoms with Crippen LogP contribution in [-0.2, 0) is 32.0 Å². The largest absolute Gasteiger partial charge is 0.361 e. The first-order chi connectivity index (χ1) is 22.7. The molecule has 1 aromatic heterocycles. The molecule has 43 heavy (non-hydrogen) atoms. The van der Waals surface area contributed by atoms with Gasteiger partial charge in [0.25, 0.3) is 11.8 Å². The summed E-state index contributed by atoms with van der Waals surface area (Å²) in [6, 6.07) is 1.37. The topological polar surface area (TPSA) is 118 Å². The molecule has 4 fully saturated rings. The number of aromatic nitrogens is 1. The number of benzene rings is 2. The van der Waals surface area contributed by atoms with Gasteiger partial charge in [-0.3, -0.25) is 24.0 Å². The van der Waals surface area contributed by atoms with E-state index in [4.69, 9.17) is 11.6 Å². The Labute approximate surface area is 257 Å². The highest BCUT2D eigenvalue weighted by Crippen LogP contribution is 2.47. The van der Waals surface area contributed by atoms with Gasteiger partial charge in [-0.15, -0.1) is 0 Å². The van der Waals surface area contributed by atoms with Gasteiger partial charge in [0.1, 0.15) is 12.1 Å². The smallest absolute Gasteiger partial charge is 0.280 e. The van der Waals surface area contributed by atoms with Crippen molar-refractivity contribution in [2.45, 2.75) is 74.7 Å². The maximum absolute atomic E-state index is 14.3. The van der Waals surface area contributed by atoms with Crippen LogP contribution in [0.3, 0.4) is 0 Å². The Morgan fingerprint density at radius 2 is 2.07 bits per heavy atom. The molecule has 10 heteroatoms. The Morgan fingerprint density at radius 3 is 2.88 bits per heavy atom. The third-order valence-corrected chi connectivity index (χ3v) is 10.3. The summed E-state index contributed by atoms with van der Waals surface area (Å²) in [6.45, 7) is 2.12. The van der Waals surface area contributed by atoms with Crippen molar-refractivity contribution in [1.82, 2.24) is 25.0 Å². The quantitative estimate of drug-likeness (QED) is 0.430. The van der Waals surface area contributed by atoms with Crippen LogP contribution in [0.4, 0.5) is 0 Å². The van der Waals surface area contributed by atoms with Crippen LogP contribution in [0.15, 0.2) is 54.6 Å². The number of ether oxygens (including phenoxy) is 1. The van der Waals surface area contributed by atoms with Crippen LogP contribution in [0.25, 0.3) is 10.9 Å². The Balaban J connectivity index is 1.10. The van der Waals surface area contributed by atoms with Gasteiger partial charge in [-0.2, -0.15) is 0 Å². The van der Waals surface area contributed by atoms with Crippen molar-refractivity contribution in [3.05, 3.63) is 71.3 Å². The van der Waals surface area contributed by atoms with Crippen LogP contribution in [0.2, 0.25) is 0 Å².